The highest BCUT2D eigenvalue weighted by molar-refractivity contribution is 5.73. The van der Waals surface area contributed by atoms with E-state index in [4.69, 9.17) is 0 Å². The summed E-state index contributed by atoms with van der Waals surface area (Å²) in [7, 11) is 1.83. The Morgan fingerprint density at radius 3 is 2.91 bits per heavy atom. The van der Waals surface area contributed by atoms with Crippen LogP contribution >= 0.6 is 0 Å². The second kappa shape index (κ2) is 3.72. The normalized spacial score (nSPS) is 25.3. The van der Waals surface area contributed by atoms with E-state index in [9.17, 15) is 4.79 Å². The Labute approximate surface area is 67.8 Å². The molecule has 0 bridgehead atoms. The third kappa shape index (κ3) is 2.19. The summed E-state index contributed by atoms with van der Waals surface area (Å²) in [5.41, 5.74) is 0. The Balaban J connectivity index is 2.39. The van der Waals surface area contributed by atoms with Crippen molar-refractivity contribution in [3.8, 4) is 0 Å². The summed E-state index contributed by atoms with van der Waals surface area (Å²) in [4.78, 5) is 12.8. The zero-order valence-corrected chi connectivity index (χ0v) is 7.21. The molecular weight excluding hydrogens is 140 g/mol. The zero-order valence-electron chi connectivity index (χ0n) is 7.21. The summed E-state index contributed by atoms with van der Waals surface area (Å²) >= 11 is 0. The SMILES string of the molecule is C[N-][C@@H]1CCCN(C(C)=O)C1. The summed E-state index contributed by atoms with van der Waals surface area (Å²) in [6.07, 6.45) is 2.24. The lowest BCUT2D eigenvalue weighted by atomic mass is 10.1. The van der Waals surface area contributed by atoms with Crippen LogP contribution in [0.3, 0.4) is 0 Å². The Hall–Kier alpha value is -0.570. The van der Waals surface area contributed by atoms with Crippen molar-refractivity contribution in [1.29, 1.82) is 0 Å². The molecule has 0 aromatic rings. The predicted molar refractivity (Wildman–Crippen MR) is 44.6 cm³/mol. The standard InChI is InChI=1S/C8H15N2O/c1-7(11)10-5-3-4-8(6-10)9-2/h8H,3-6H2,1-2H3/q-1/t8-/m1/s1. The van der Waals surface area contributed by atoms with Crippen molar-refractivity contribution in [2.45, 2.75) is 25.8 Å². The van der Waals surface area contributed by atoms with E-state index in [0.29, 0.717) is 6.04 Å². The van der Waals surface area contributed by atoms with Gasteiger partial charge in [-0.25, -0.2) is 0 Å². The van der Waals surface area contributed by atoms with Gasteiger partial charge in [-0.2, -0.15) is 7.05 Å². The molecule has 1 aliphatic heterocycles. The molecule has 3 heteroatoms. The van der Waals surface area contributed by atoms with Crippen LogP contribution in [0, 0.1) is 0 Å². The number of nitrogens with zero attached hydrogens (tertiary/aromatic N) is 2. The van der Waals surface area contributed by atoms with Crippen LogP contribution in [-0.2, 0) is 4.79 Å². The van der Waals surface area contributed by atoms with Gasteiger partial charge in [-0.05, 0) is 6.42 Å². The molecule has 1 rings (SSSR count). The van der Waals surface area contributed by atoms with Crippen molar-refractivity contribution in [2.75, 3.05) is 20.1 Å². The molecule has 0 radical (unpaired) electrons. The average molecular weight is 155 g/mol. The largest absolute Gasteiger partial charge is 0.661 e. The Kier molecular flexibility index (Phi) is 2.88. The van der Waals surface area contributed by atoms with Crippen LogP contribution < -0.4 is 0 Å². The van der Waals surface area contributed by atoms with Gasteiger partial charge in [0.1, 0.15) is 0 Å². The van der Waals surface area contributed by atoms with Crippen LogP contribution in [0.1, 0.15) is 19.8 Å². The van der Waals surface area contributed by atoms with Crippen LogP contribution in [-0.4, -0.2) is 37.0 Å². The lowest BCUT2D eigenvalue weighted by Crippen LogP contribution is -2.40. The highest BCUT2D eigenvalue weighted by Gasteiger charge is 2.14. The number of hydrogen-bond donors (Lipinski definition) is 0. The molecule has 0 aliphatic carbocycles. The van der Waals surface area contributed by atoms with E-state index in [1.807, 2.05) is 11.9 Å². The molecule has 0 unspecified atom stereocenters. The first kappa shape index (κ1) is 8.53. The summed E-state index contributed by atoms with van der Waals surface area (Å²) < 4.78 is 0. The maximum Gasteiger partial charge on any atom is 0.219 e. The topological polar surface area (TPSA) is 34.4 Å². The third-order valence-electron chi connectivity index (χ3n) is 2.21. The summed E-state index contributed by atoms with van der Waals surface area (Å²) in [6, 6.07) is 0.382. The number of amides is 1. The fraction of sp³-hybridized carbons (Fsp3) is 0.875. The minimum absolute atomic E-state index is 0.179. The van der Waals surface area contributed by atoms with Gasteiger partial charge in [0.25, 0.3) is 0 Å². The molecule has 3 nitrogen and oxygen atoms in total. The molecular formula is C8H15N2O-. The molecule has 1 fully saturated rings. The average Bonchev–Trinajstić information content (AvgIpc) is 2.05. The number of rotatable bonds is 1. The Morgan fingerprint density at radius 1 is 1.64 bits per heavy atom. The minimum atomic E-state index is 0.179. The predicted octanol–water partition coefficient (Wildman–Crippen LogP) is 1.00. The van der Waals surface area contributed by atoms with Crippen LogP contribution in [0.25, 0.3) is 5.32 Å². The second-order valence-corrected chi connectivity index (χ2v) is 3.02. The molecule has 1 heterocycles. The van der Waals surface area contributed by atoms with Gasteiger partial charge in [0.05, 0.1) is 0 Å². The lowest BCUT2D eigenvalue weighted by molar-refractivity contribution is -0.129. The number of likely N-dealkylation sites (tertiary alicyclic amines) is 1. The minimum Gasteiger partial charge on any atom is -0.661 e. The van der Waals surface area contributed by atoms with Gasteiger partial charge in [-0.3, -0.25) is 4.79 Å². The van der Waals surface area contributed by atoms with Crippen LogP contribution in [0.15, 0.2) is 0 Å². The fourth-order valence-electron chi connectivity index (χ4n) is 1.45. The van der Waals surface area contributed by atoms with Crippen LogP contribution in [0.2, 0.25) is 0 Å². The molecule has 0 saturated carbocycles. The third-order valence-corrected chi connectivity index (χ3v) is 2.21. The van der Waals surface area contributed by atoms with Gasteiger partial charge >= 0.3 is 0 Å². The first-order valence-corrected chi connectivity index (χ1v) is 4.08. The van der Waals surface area contributed by atoms with Gasteiger partial charge in [0.2, 0.25) is 5.91 Å². The van der Waals surface area contributed by atoms with Crippen molar-refractivity contribution in [3.05, 3.63) is 5.32 Å². The van der Waals surface area contributed by atoms with E-state index in [1.54, 1.807) is 6.92 Å². The maximum atomic E-state index is 10.9. The van der Waals surface area contributed by atoms with Gasteiger partial charge in [0.15, 0.2) is 0 Å². The van der Waals surface area contributed by atoms with Gasteiger partial charge in [-0.1, -0.05) is 6.42 Å². The monoisotopic (exact) mass is 155 g/mol. The smallest absolute Gasteiger partial charge is 0.219 e. The maximum absolute atomic E-state index is 10.9. The van der Waals surface area contributed by atoms with E-state index >= 15 is 0 Å². The van der Waals surface area contributed by atoms with E-state index in [2.05, 4.69) is 5.32 Å². The van der Waals surface area contributed by atoms with Gasteiger partial charge < -0.3 is 10.2 Å². The van der Waals surface area contributed by atoms with Crippen LogP contribution in [0.4, 0.5) is 0 Å². The van der Waals surface area contributed by atoms with E-state index in [-0.39, 0.29) is 5.91 Å². The number of piperidine rings is 1. The zero-order chi connectivity index (χ0) is 8.27. The van der Waals surface area contributed by atoms with E-state index < -0.39 is 0 Å². The van der Waals surface area contributed by atoms with Crippen molar-refractivity contribution in [1.82, 2.24) is 4.90 Å². The van der Waals surface area contributed by atoms with Crippen molar-refractivity contribution in [2.24, 2.45) is 0 Å². The quantitative estimate of drug-likeness (QED) is 0.556. The molecule has 1 saturated heterocycles. The Morgan fingerprint density at radius 2 is 2.36 bits per heavy atom. The van der Waals surface area contributed by atoms with Gasteiger partial charge in [-0.15, -0.1) is 6.04 Å². The van der Waals surface area contributed by atoms with Crippen molar-refractivity contribution >= 4 is 5.91 Å². The number of carbonyl (C=O) groups is 1. The molecule has 0 aromatic heterocycles. The highest BCUT2D eigenvalue weighted by atomic mass is 16.2. The summed E-state index contributed by atoms with van der Waals surface area (Å²) in [5.74, 6) is 0.179. The molecule has 11 heavy (non-hydrogen) atoms. The fourth-order valence-corrected chi connectivity index (χ4v) is 1.45. The first-order valence-electron chi connectivity index (χ1n) is 4.08. The molecule has 1 amide bonds. The summed E-state index contributed by atoms with van der Waals surface area (Å²) in [6.45, 7) is 3.37. The number of likely N-dealkylation sites (N-methyl/N-ethyl adjacent to an activating group) is 1. The molecule has 0 N–H and O–H groups in total. The number of carbonyl (C=O) groups excluding carboxylic acids is 1. The number of hydrogen-bond acceptors (Lipinski definition) is 1. The van der Waals surface area contributed by atoms with Crippen molar-refractivity contribution < 1.29 is 4.79 Å². The van der Waals surface area contributed by atoms with Gasteiger partial charge in [0, 0.05) is 20.0 Å². The second-order valence-electron chi connectivity index (χ2n) is 3.02. The van der Waals surface area contributed by atoms with Crippen molar-refractivity contribution in [3.63, 3.8) is 0 Å². The molecule has 1 atom stereocenters. The van der Waals surface area contributed by atoms with E-state index in [1.165, 1.54) is 0 Å². The summed E-state index contributed by atoms with van der Waals surface area (Å²) in [5, 5.41) is 4.19. The van der Waals surface area contributed by atoms with Crippen LogP contribution in [0.5, 0.6) is 0 Å². The Bertz CT molecular complexity index is 147. The van der Waals surface area contributed by atoms with E-state index in [0.717, 1.165) is 25.9 Å². The molecule has 1 aliphatic rings. The first-order chi connectivity index (χ1) is 5.24. The molecule has 0 aromatic carbocycles. The lowest BCUT2D eigenvalue weighted by Gasteiger charge is -2.38. The molecule has 0 spiro atoms. The molecule has 64 valence electrons. The highest BCUT2D eigenvalue weighted by Crippen LogP contribution is 2.14.